The fourth-order valence-corrected chi connectivity index (χ4v) is 2.63. The number of fused-ring (bicyclic) bond motifs is 1. The monoisotopic (exact) mass is 322 g/mol. The number of H-pyrrole nitrogens is 1. The third-order valence-electron chi connectivity index (χ3n) is 3.89. The van der Waals surface area contributed by atoms with E-state index in [-0.39, 0.29) is 5.75 Å². The maximum absolute atomic E-state index is 10.0. The Morgan fingerprint density at radius 3 is 2.92 bits per heavy atom. The van der Waals surface area contributed by atoms with E-state index >= 15 is 0 Å². The van der Waals surface area contributed by atoms with Crippen LogP contribution in [-0.4, -0.2) is 29.5 Å². The van der Waals surface area contributed by atoms with Gasteiger partial charge in [-0.2, -0.15) is 0 Å². The van der Waals surface area contributed by atoms with Crippen molar-refractivity contribution in [1.82, 2.24) is 4.98 Å². The van der Waals surface area contributed by atoms with E-state index in [1.807, 2.05) is 30.5 Å². The molecule has 0 spiro atoms. The van der Waals surface area contributed by atoms with Gasteiger partial charge in [0.25, 0.3) is 0 Å². The summed E-state index contributed by atoms with van der Waals surface area (Å²) in [5, 5.41) is 11.3. The van der Waals surface area contributed by atoms with Crippen molar-refractivity contribution in [2.75, 3.05) is 13.2 Å². The van der Waals surface area contributed by atoms with Gasteiger partial charge in [0.2, 0.25) is 0 Å². The van der Waals surface area contributed by atoms with Gasteiger partial charge < -0.3 is 14.8 Å². The molecule has 0 fully saturated rings. The highest BCUT2D eigenvalue weighted by molar-refractivity contribution is 5.84. The van der Waals surface area contributed by atoms with Crippen LogP contribution in [0.5, 0.6) is 11.5 Å². The molecule has 0 amide bonds. The summed E-state index contributed by atoms with van der Waals surface area (Å²) in [6.45, 7) is 3.38. The van der Waals surface area contributed by atoms with E-state index in [1.54, 1.807) is 12.3 Å². The molecule has 0 aliphatic rings. The Kier molecular flexibility index (Phi) is 5.16. The van der Waals surface area contributed by atoms with E-state index in [0.29, 0.717) is 24.5 Å². The van der Waals surface area contributed by atoms with Crippen molar-refractivity contribution in [3.05, 3.63) is 59.8 Å². The lowest BCUT2D eigenvalue weighted by Gasteiger charge is -2.06. The SMILES string of the molecule is CCCOc1ccc(C=NCCc2c[nH]c3ccccc23)c(O)c1. The molecule has 3 rings (SSSR count). The van der Waals surface area contributed by atoms with Crippen molar-refractivity contribution in [1.29, 1.82) is 0 Å². The Labute approximate surface area is 141 Å². The molecule has 0 bridgehead atoms. The van der Waals surface area contributed by atoms with Crippen LogP contribution in [0.3, 0.4) is 0 Å². The molecule has 0 aliphatic heterocycles. The molecule has 2 N–H and O–H groups in total. The number of nitrogens with zero attached hydrogens (tertiary/aromatic N) is 1. The third kappa shape index (κ3) is 3.77. The van der Waals surface area contributed by atoms with Crippen molar-refractivity contribution in [3.8, 4) is 11.5 Å². The van der Waals surface area contributed by atoms with Crippen LogP contribution in [0.2, 0.25) is 0 Å². The van der Waals surface area contributed by atoms with E-state index in [9.17, 15) is 5.11 Å². The predicted octanol–water partition coefficient (Wildman–Crippen LogP) is 4.32. The van der Waals surface area contributed by atoms with Crippen LogP contribution in [0.1, 0.15) is 24.5 Å². The number of rotatable bonds is 7. The normalized spacial score (nSPS) is 11.4. The number of hydrogen-bond donors (Lipinski definition) is 2. The molecule has 1 heterocycles. The first-order chi connectivity index (χ1) is 11.8. The van der Waals surface area contributed by atoms with Crippen LogP contribution in [0.4, 0.5) is 0 Å². The highest BCUT2D eigenvalue weighted by Gasteiger charge is 2.03. The summed E-state index contributed by atoms with van der Waals surface area (Å²) in [5.74, 6) is 0.879. The zero-order chi connectivity index (χ0) is 16.8. The Morgan fingerprint density at radius 1 is 1.21 bits per heavy atom. The summed E-state index contributed by atoms with van der Waals surface area (Å²) in [7, 11) is 0. The molecule has 4 nitrogen and oxygen atoms in total. The molecule has 0 saturated carbocycles. The number of phenols is 1. The molecular formula is C20H22N2O2. The van der Waals surface area contributed by atoms with Crippen LogP contribution in [0.15, 0.2) is 53.7 Å². The van der Waals surface area contributed by atoms with Gasteiger partial charge >= 0.3 is 0 Å². The van der Waals surface area contributed by atoms with E-state index in [2.05, 4.69) is 29.0 Å². The number of ether oxygens (including phenoxy) is 1. The second-order valence-corrected chi connectivity index (χ2v) is 5.71. The highest BCUT2D eigenvalue weighted by atomic mass is 16.5. The average Bonchev–Trinajstić information content (AvgIpc) is 3.01. The standard InChI is InChI=1S/C20H22N2O2/c1-2-11-24-17-8-7-16(20(23)12-17)13-21-10-9-15-14-22-19-6-4-3-5-18(15)19/h3-8,12-14,22-23H,2,9-11H2,1H3. The number of aromatic amines is 1. The summed E-state index contributed by atoms with van der Waals surface area (Å²) < 4.78 is 5.50. The van der Waals surface area contributed by atoms with Gasteiger partial charge in [0.05, 0.1) is 6.61 Å². The molecule has 0 aliphatic carbocycles. The minimum Gasteiger partial charge on any atom is -0.507 e. The van der Waals surface area contributed by atoms with Crippen LogP contribution < -0.4 is 4.74 Å². The predicted molar refractivity (Wildman–Crippen MR) is 98.4 cm³/mol. The number of phenolic OH excluding ortho intramolecular Hbond substituents is 1. The molecule has 2 aromatic carbocycles. The zero-order valence-corrected chi connectivity index (χ0v) is 13.8. The largest absolute Gasteiger partial charge is 0.507 e. The first-order valence-electron chi connectivity index (χ1n) is 8.28. The molecule has 0 radical (unpaired) electrons. The average molecular weight is 322 g/mol. The van der Waals surface area contributed by atoms with Crippen molar-refractivity contribution in [2.45, 2.75) is 19.8 Å². The molecule has 0 atom stereocenters. The number of aromatic hydroxyl groups is 1. The zero-order valence-electron chi connectivity index (χ0n) is 13.8. The van der Waals surface area contributed by atoms with Crippen molar-refractivity contribution < 1.29 is 9.84 Å². The van der Waals surface area contributed by atoms with Gasteiger partial charge in [-0.25, -0.2) is 0 Å². The van der Waals surface area contributed by atoms with E-state index in [0.717, 1.165) is 18.4 Å². The van der Waals surface area contributed by atoms with Crippen molar-refractivity contribution in [3.63, 3.8) is 0 Å². The van der Waals surface area contributed by atoms with Gasteiger partial charge in [0.1, 0.15) is 11.5 Å². The van der Waals surface area contributed by atoms with E-state index < -0.39 is 0 Å². The first-order valence-corrected chi connectivity index (χ1v) is 8.28. The topological polar surface area (TPSA) is 57.6 Å². The summed E-state index contributed by atoms with van der Waals surface area (Å²) in [6.07, 6.45) is 5.56. The van der Waals surface area contributed by atoms with E-state index in [1.165, 1.54) is 10.9 Å². The summed E-state index contributed by atoms with van der Waals surface area (Å²) in [6, 6.07) is 13.6. The second kappa shape index (κ2) is 7.68. The lowest BCUT2D eigenvalue weighted by molar-refractivity contribution is 0.315. The smallest absolute Gasteiger partial charge is 0.128 e. The third-order valence-corrected chi connectivity index (χ3v) is 3.89. The van der Waals surface area contributed by atoms with Crippen LogP contribution in [-0.2, 0) is 6.42 Å². The minimum atomic E-state index is 0.194. The lowest BCUT2D eigenvalue weighted by atomic mass is 10.1. The van der Waals surface area contributed by atoms with Crippen LogP contribution in [0.25, 0.3) is 10.9 Å². The number of para-hydroxylation sites is 1. The molecule has 3 aromatic rings. The molecule has 0 saturated heterocycles. The van der Waals surface area contributed by atoms with Gasteiger partial charge in [0, 0.05) is 41.5 Å². The molecule has 0 unspecified atom stereocenters. The van der Waals surface area contributed by atoms with Gasteiger partial charge in [-0.05, 0) is 36.6 Å². The van der Waals surface area contributed by atoms with Gasteiger partial charge in [-0.1, -0.05) is 25.1 Å². The lowest BCUT2D eigenvalue weighted by Crippen LogP contribution is -1.95. The molecule has 24 heavy (non-hydrogen) atoms. The summed E-state index contributed by atoms with van der Waals surface area (Å²) in [5.41, 5.74) is 3.12. The number of hydrogen-bond acceptors (Lipinski definition) is 3. The van der Waals surface area contributed by atoms with Crippen molar-refractivity contribution >= 4 is 17.1 Å². The second-order valence-electron chi connectivity index (χ2n) is 5.71. The van der Waals surface area contributed by atoms with Crippen LogP contribution in [0, 0.1) is 0 Å². The van der Waals surface area contributed by atoms with Gasteiger partial charge in [-0.15, -0.1) is 0 Å². The highest BCUT2D eigenvalue weighted by Crippen LogP contribution is 2.22. The fraction of sp³-hybridized carbons (Fsp3) is 0.250. The minimum absolute atomic E-state index is 0.194. The quantitative estimate of drug-likeness (QED) is 0.636. The molecule has 4 heteroatoms. The Morgan fingerprint density at radius 2 is 2.08 bits per heavy atom. The Hall–Kier alpha value is -2.75. The van der Waals surface area contributed by atoms with Crippen molar-refractivity contribution in [2.24, 2.45) is 4.99 Å². The van der Waals surface area contributed by atoms with E-state index in [4.69, 9.17) is 4.74 Å². The van der Waals surface area contributed by atoms with Gasteiger partial charge in [0.15, 0.2) is 0 Å². The fourth-order valence-electron chi connectivity index (χ4n) is 2.63. The first kappa shape index (κ1) is 16.1. The van der Waals surface area contributed by atoms with Crippen LogP contribution >= 0.6 is 0 Å². The molecular weight excluding hydrogens is 300 g/mol. The Balaban J connectivity index is 1.60. The molecule has 124 valence electrons. The number of aromatic nitrogens is 1. The maximum Gasteiger partial charge on any atom is 0.128 e. The number of nitrogens with one attached hydrogen (secondary N) is 1. The summed E-state index contributed by atoms with van der Waals surface area (Å²) >= 11 is 0. The number of benzene rings is 2. The van der Waals surface area contributed by atoms with Gasteiger partial charge in [-0.3, -0.25) is 4.99 Å². The summed E-state index contributed by atoms with van der Waals surface area (Å²) in [4.78, 5) is 7.71. The molecule has 1 aromatic heterocycles. The maximum atomic E-state index is 10.0. The Bertz CT molecular complexity index is 837. The number of aliphatic imine (C=N–C) groups is 1.